The van der Waals surface area contributed by atoms with Crippen LogP contribution in [-0.4, -0.2) is 28.6 Å². The van der Waals surface area contributed by atoms with Crippen LogP contribution in [-0.2, 0) is 0 Å². The first-order valence-corrected chi connectivity index (χ1v) is 7.78. The molecule has 0 rings (SSSR count). The summed E-state index contributed by atoms with van der Waals surface area (Å²) in [6.45, 7) is 4.50. The highest BCUT2D eigenvalue weighted by Crippen LogP contribution is 2.33. The van der Waals surface area contributed by atoms with Crippen LogP contribution in [0.4, 0.5) is 0 Å². The third-order valence-corrected chi connectivity index (χ3v) is 5.91. The van der Waals surface area contributed by atoms with Crippen LogP contribution in [0, 0.1) is 0 Å². The monoisotopic (exact) mass is 251 g/mol. The number of hydrogen-bond acceptors (Lipinski definition) is 3. The molecule has 0 saturated carbocycles. The van der Waals surface area contributed by atoms with Gasteiger partial charge < -0.3 is 4.90 Å². The summed E-state index contributed by atoms with van der Waals surface area (Å²) < 4.78 is 0.977. The van der Waals surface area contributed by atoms with Gasteiger partial charge in [-0.25, -0.2) is 0 Å². The highest BCUT2D eigenvalue weighted by atomic mass is 33.1. The number of hydrogen-bond donors (Lipinski definition) is 0. The fraction of sp³-hybridized carbons (Fsp3) is 0.900. The lowest BCUT2D eigenvalue weighted by molar-refractivity contribution is 0.648. The van der Waals surface area contributed by atoms with E-state index in [2.05, 4.69) is 13.8 Å². The minimum Gasteiger partial charge on any atom is -0.363 e. The predicted molar refractivity (Wildman–Crippen MR) is 75.1 cm³/mol. The Labute approximate surface area is 102 Å². The van der Waals surface area contributed by atoms with E-state index < -0.39 is 0 Å². The van der Waals surface area contributed by atoms with Gasteiger partial charge in [-0.15, -0.1) is 0 Å². The van der Waals surface area contributed by atoms with E-state index in [0.29, 0.717) is 0 Å². The zero-order valence-corrected chi connectivity index (χ0v) is 12.0. The van der Waals surface area contributed by atoms with Gasteiger partial charge in [0.15, 0.2) is 0 Å². The molecule has 0 bridgehead atoms. The maximum absolute atomic E-state index is 5.22. The largest absolute Gasteiger partial charge is 0.363 e. The van der Waals surface area contributed by atoms with E-state index in [1.165, 1.54) is 25.7 Å². The number of nitrogens with zero attached hydrogens (tertiary/aromatic N) is 1. The van der Waals surface area contributed by atoms with Crippen molar-refractivity contribution in [1.82, 2.24) is 4.90 Å². The van der Waals surface area contributed by atoms with Crippen molar-refractivity contribution in [1.29, 1.82) is 0 Å². The second-order valence-corrected chi connectivity index (χ2v) is 6.65. The summed E-state index contributed by atoms with van der Waals surface area (Å²) in [5.41, 5.74) is 0. The fourth-order valence-electron chi connectivity index (χ4n) is 0.936. The third-order valence-electron chi connectivity index (χ3n) is 1.96. The van der Waals surface area contributed by atoms with E-state index >= 15 is 0 Å². The van der Waals surface area contributed by atoms with Crippen LogP contribution in [0.5, 0.6) is 0 Å². The van der Waals surface area contributed by atoms with E-state index in [4.69, 9.17) is 12.2 Å². The fourth-order valence-corrected chi connectivity index (χ4v) is 3.86. The molecule has 0 aliphatic carbocycles. The maximum Gasteiger partial charge on any atom is 0.146 e. The molecule has 0 aliphatic heterocycles. The van der Waals surface area contributed by atoms with Gasteiger partial charge in [0.25, 0.3) is 0 Å². The molecule has 0 aromatic carbocycles. The van der Waals surface area contributed by atoms with Crippen LogP contribution >= 0.6 is 33.8 Å². The minimum atomic E-state index is 0.762. The Balaban J connectivity index is 3.66. The standard InChI is InChI=1S/C10H21NS3/c1-5-7-8-9(6-2)13-14-10(12)11(3)4/h9H,5-8H2,1-4H3. The molecule has 0 saturated heterocycles. The minimum absolute atomic E-state index is 0.762. The topological polar surface area (TPSA) is 3.24 Å². The van der Waals surface area contributed by atoms with Gasteiger partial charge >= 0.3 is 0 Å². The van der Waals surface area contributed by atoms with Gasteiger partial charge in [0, 0.05) is 19.3 Å². The van der Waals surface area contributed by atoms with E-state index in [-0.39, 0.29) is 0 Å². The Hall–Kier alpha value is 0.590. The zero-order chi connectivity index (χ0) is 11.0. The average molecular weight is 251 g/mol. The molecule has 0 heterocycles. The summed E-state index contributed by atoms with van der Waals surface area (Å²) in [7, 11) is 7.68. The molecule has 0 aromatic heterocycles. The highest BCUT2D eigenvalue weighted by molar-refractivity contribution is 8.83. The van der Waals surface area contributed by atoms with Crippen molar-refractivity contribution in [2.24, 2.45) is 0 Å². The van der Waals surface area contributed by atoms with E-state index in [1.807, 2.05) is 29.8 Å². The van der Waals surface area contributed by atoms with Crippen LogP contribution in [0.3, 0.4) is 0 Å². The molecule has 1 atom stereocenters. The van der Waals surface area contributed by atoms with Gasteiger partial charge in [-0.1, -0.05) is 49.7 Å². The van der Waals surface area contributed by atoms with Crippen LogP contribution in [0.15, 0.2) is 0 Å². The summed E-state index contributed by atoms with van der Waals surface area (Å²) in [4.78, 5) is 2.00. The normalized spacial score (nSPS) is 12.6. The molecule has 4 heteroatoms. The Morgan fingerprint density at radius 2 is 2.00 bits per heavy atom. The summed E-state index contributed by atoms with van der Waals surface area (Å²) in [6.07, 6.45) is 5.19. The lowest BCUT2D eigenvalue weighted by Gasteiger charge is -2.16. The van der Waals surface area contributed by atoms with Crippen molar-refractivity contribution in [3.63, 3.8) is 0 Å². The summed E-state index contributed by atoms with van der Waals surface area (Å²) >= 11 is 5.22. The Morgan fingerprint density at radius 3 is 2.43 bits per heavy atom. The van der Waals surface area contributed by atoms with Gasteiger partial charge in [0.05, 0.1) is 0 Å². The SMILES string of the molecule is CCCCC(CC)SSC(=S)N(C)C. The van der Waals surface area contributed by atoms with Gasteiger partial charge in [0.1, 0.15) is 4.32 Å². The van der Waals surface area contributed by atoms with Crippen molar-refractivity contribution in [3.8, 4) is 0 Å². The third kappa shape index (κ3) is 6.96. The molecule has 84 valence electrons. The first-order chi connectivity index (χ1) is 6.61. The lowest BCUT2D eigenvalue weighted by Crippen LogP contribution is -2.15. The van der Waals surface area contributed by atoms with Crippen molar-refractivity contribution < 1.29 is 0 Å². The maximum atomic E-state index is 5.22. The van der Waals surface area contributed by atoms with E-state index in [0.717, 1.165) is 9.57 Å². The Morgan fingerprint density at radius 1 is 1.36 bits per heavy atom. The van der Waals surface area contributed by atoms with Crippen molar-refractivity contribution >= 4 is 38.1 Å². The molecule has 0 aliphatic rings. The molecule has 0 fully saturated rings. The molecular weight excluding hydrogens is 230 g/mol. The smallest absolute Gasteiger partial charge is 0.146 e. The van der Waals surface area contributed by atoms with Gasteiger partial charge in [-0.2, -0.15) is 0 Å². The van der Waals surface area contributed by atoms with Gasteiger partial charge in [-0.3, -0.25) is 0 Å². The van der Waals surface area contributed by atoms with E-state index in [9.17, 15) is 0 Å². The summed E-state index contributed by atoms with van der Waals surface area (Å²) in [6, 6.07) is 0. The Bertz CT molecular complexity index is 159. The molecule has 0 radical (unpaired) electrons. The molecule has 0 aromatic rings. The van der Waals surface area contributed by atoms with Gasteiger partial charge in [-0.05, 0) is 23.6 Å². The first kappa shape index (κ1) is 14.6. The molecule has 0 amide bonds. The average Bonchev–Trinajstić information content (AvgIpc) is 2.17. The molecule has 0 spiro atoms. The molecule has 1 unspecified atom stereocenters. The van der Waals surface area contributed by atoms with Crippen molar-refractivity contribution in [2.45, 2.75) is 44.8 Å². The summed E-state index contributed by atoms with van der Waals surface area (Å²) in [5, 5.41) is 0.762. The zero-order valence-electron chi connectivity index (χ0n) is 9.58. The quantitative estimate of drug-likeness (QED) is 0.514. The number of thiocarbonyl (C=S) groups is 1. The van der Waals surface area contributed by atoms with Crippen molar-refractivity contribution in [3.05, 3.63) is 0 Å². The van der Waals surface area contributed by atoms with Gasteiger partial charge in [0.2, 0.25) is 0 Å². The molecule has 14 heavy (non-hydrogen) atoms. The number of unbranched alkanes of at least 4 members (excludes halogenated alkanes) is 1. The number of rotatable bonds is 6. The van der Waals surface area contributed by atoms with Crippen LogP contribution in [0.1, 0.15) is 39.5 Å². The van der Waals surface area contributed by atoms with Crippen LogP contribution < -0.4 is 0 Å². The van der Waals surface area contributed by atoms with E-state index in [1.54, 1.807) is 10.8 Å². The van der Waals surface area contributed by atoms with Crippen LogP contribution in [0.2, 0.25) is 0 Å². The first-order valence-electron chi connectivity index (χ1n) is 5.16. The van der Waals surface area contributed by atoms with Crippen molar-refractivity contribution in [2.75, 3.05) is 14.1 Å². The molecule has 0 N–H and O–H groups in total. The second kappa shape index (κ2) is 8.86. The lowest BCUT2D eigenvalue weighted by atomic mass is 10.2. The second-order valence-electron chi connectivity index (χ2n) is 3.51. The summed E-state index contributed by atoms with van der Waals surface area (Å²) in [5.74, 6) is 0. The van der Waals surface area contributed by atoms with Crippen LogP contribution in [0.25, 0.3) is 0 Å². The molecular formula is C10H21NS3. The molecule has 1 nitrogen and oxygen atoms in total. The Kier molecular flexibility index (Phi) is 9.24. The highest BCUT2D eigenvalue weighted by Gasteiger charge is 2.09. The predicted octanol–water partition coefficient (Wildman–Crippen LogP) is 4.18.